The average molecular weight is 605 g/mol. The summed E-state index contributed by atoms with van der Waals surface area (Å²) in [5.74, 6) is 0. The Hall–Kier alpha value is -6.30. The van der Waals surface area contributed by atoms with Crippen LogP contribution in [0.25, 0.3) is 81.8 Å². The lowest BCUT2D eigenvalue weighted by Gasteiger charge is -2.26. The molecule has 0 radical (unpaired) electrons. The van der Waals surface area contributed by atoms with Crippen LogP contribution in [-0.4, -0.2) is 9.13 Å². The smallest absolute Gasteiger partial charge is 0.188 e. The minimum Gasteiger partial charge on any atom is -0.455 e. The van der Waals surface area contributed by atoms with Gasteiger partial charge in [0, 0.05) is 32.6 Å². The van der Waals surface area contributed by atoms with Gasteiger partial charge in [0.25, 0.3) is 0 Å². The Morgan fingerprint density at radius 2 is 1.30 bits per heavy atom. The second-order valence-corrected chi connectivity index (χ2v) is 13.2. The van der Waals surface area contributed by atoms with Crippen LogP contribution >= 0.6 is 0 Å². The Morgan fingerprint density at radius 1 is 0.660 bits per heavy atom. The van der Waals surface area contributed by atoms with Crippen molar-refractivity contribution in [3.05, 3.63) is 138 Å². The Labute approximate surface area is 270 Å². The first-order valence-electron chi connectivity index (χ1n) is 15.7. The zero-order chi connectivity index (χ0) is 32.0. The molecule has 222 valence electrons. The number of nitriles is 1. The molecule has 0 aliphatic carbocycles. The van der Waals surface area contributed by atoms with Gasteiger partial charge in [-0.3, -0.25) is 0 Å². The molecule has 0 saturated carbocycles. The normalized spacial score (nSPS) is 12.1. The molecule has 0 bridgehead atoms. The van der Waals surface area contributed by atoms with Gasteiger partial charge in [-0.25, -0.2) is 4.85 Å². The molecule has 0 aliphatic heterocycles. The fourth-order valence-electron chi connectivity index (χ4n) is 7.44. The van der Waals surface area contributed by atoms with Gasteiger partial charge in [0.1, 0.15) is 11.2 Å². The van der Waals surface area contributed by atoms with E-state index < -0.39 is 0 Å². The summed E-state index contributed by atoms with van der Waals surface area (Å²) >= 11 is 0. The predicted molar refractivity (Wildman–Crippen MR) is 192 cm³/mol. The number of hydrogen-bond acceptors (Lipinski definition) is 2. The van der Waals surface area contributed by atoms with Crippen molar-refractivity contribution < 1.29 is 4.42 Å². The van der Waals surface area contributed by atoms with Crippen molar-refractivity contribution in [1.29, 1.82) is 5.26 Å². The number of para-hydroxylation sites is 3. The minimum atomic E-state index is -0.336. The summed E-state index contributed by atoms with van der Waals surface area (Å²) in [6.45, 7) is 14.2. The van der Waals surface area contributed by atoms with Crippen molar-refractivity contribution in [2.75, 3.05) is 0 Å². The lowest BCUT2D eigenvalue weighted by Crippen LogP contribution is -2.16. The van der Waals surface area contributed by atoms with Crippen LogP contribution in [0.4, 0.5) is 5.69 Å². The lowest BCUT2D eigenvalue weighted by atomic mass is 9.84. The summed E-state index contributed by atoms with van der Waals surface area (Å²) in [5, 5.41) is 17.1. The first-order chi connectivity index (χ1) is 22.9. The molecule has 0 amide bonds. The van der Waals surface area contributed by atoms with Gasteiger partial charge in [-0.2, -0.15) is 5.26 Å². The second-order valence-electron chi connectivity index (χ2n) is 13.2. The zero-order valence-electron chi connectivity index (χ0n) is 26.2. The summed E-state index contributed by atoms with van der Waals surface area (Å²) < 4.78 is 11.2. The number of nitrogens with zero attached hydrogens (tertiary/aromatic N) is 4. The molecule has 47 heavy (non-hydrogen) atoms. The van der Waals surface area contributed by atoms with E-state index in [1.54, 1.807) is 6.07 Å². The van der Waals surface area contributed by atoms with Crippen LogP contribution in [0, 0.1) is 17.9 Å². The van der Waals surface area contributed by atoms with Crippen molar-refractivity contribution in [2.24, 2.45) is 0 Å². The van der Waals surface area contributed by atoms with Crippen LogP contribution in [0.15, 0.2) is 120 Å². The summed E-state index contributed by atoms with van der Waals surface area (Å²) in [6.07, 6.45) is 0. The fraction of sp³-hybridized carbons (Fsp3) is 0.0952. The molecule has 0 N–H and O–H groups in total. The highest BCUT2D eigenvalue weighted by Crippen LogP contribution is 2.45. The van der Waals surface area contributed by atoms with E-state index in [9.17, 15) is 5.26 Å². The summed E-state index contributed by atoms with van der Waals surface area (Å²) in [4.78, 5) is 3.73. The number of furan rings is 1. The van der Waals surface area contributed by atoms with Crippen molar-refractivity contribution >= 4 is 71.2 Å². The van der Waals surface area contributed by atoms with Gasteiger partial charge in [-0.1, -0.05) is 81.4 Å². The molecule has 3 heterocycles. The van der Waals surface area contributed by atoms with E-state index in [-0.39, 0.29) is 5.41 Å². The predicted octanol–water partition coefficient (Wildman–Crippen LogP) is 11.5. The SMILES string of the molecule is [C-]#[N+]c1cc(C#N)c(-n2c3ccc(-n4c5ccccc5c5ccccc54)cc3c3c4oc5ccccc5c4ccc32)c(C(C)(C)C)c1. The first-order valence-corrected chi connectivity index (χ1v) is 15.7. The van der Waals surface area contributed by atoms with E-state index in [2.05, 4.69) is 126 Å². The molecule has 0 atom stereocenters. The Bertz CT molecular complexity index is 2800. The molecule has 0 aliphatic rings. The molecule has 9 aromatic rings. The second kappa shape index (κ2) is 9.60. The molecule has 5 nitrogen and oxygen atoms in total. The highest BCUT2D eigenvalue weighted by Gasteiger charge is 2.27. The van der Waals surface area contributed by atoms with Crippen LogP contribution < -0.4 is 0 Å². The molecular formula is C42H28N4O. The molecular weight excluding hydrogens is 576 g/mol. The molecule has 0 unspecified atom stereocenters. The minimum absolute atomic E-state index is 0.336. The standard InChI is InChI=1S/C42H28N4O/c1-42(2,3)33-22-26(44-4)21-25(24-43)40(33)46-36-19-17-27(45-34-14-8-5-11-28(34)29-12-6-9-15-35(29)45)23-32(36)39-37(46)20-18-31-30-13-7-10-16-38(30)47-41(31)39/h5-23H,1-3H3. The maximum Gasteiger partial charge on any atom is 0.188 e. The molecule has 5 heteroatoms. The van der Waals surface area contributed by atoms with Crippen LogP contribution in [0.5, 0.6) is 0 Å². The van der Waals surface area contributed by atoms with E-state index >= 15 is 0 Å². The molecule has 9 rings (SSSR count). The third kappa shape index (κ3) is 3.75. The first kappa shape index (κ1) is 27.0. The highest BCUT2D eigenvalue weighted by molar-refractivity contribution is 6.24. The van der Waals surface area contributed by atoms with Crippen LogP contribution in [0.1, 0.15) is 31.9 Å². The Kier molecular flexibility index (Phi) is 5.52. The van der Waals surface area contributed by atoms with E-state index in [1.165, 1.54) is 10.8 Å². The number of benzene rings is 6. The lowest BCUT2D eigenvalue weighted by molar-refractivity contribution is 0.587. The molecule has 6 aromatic carbocycles. The number of hydrogen-bond donors (Lipinski definition) is 0. The Morgan fingerprint density at radius 3 is 1.98 bits per heavy atom. The monoisotopic (exact) mass is 604 g/mol. The van der Waals surface area contributed by atoms with Gasteiger partial charge in [-0.05, 0) is 65.6 Å². The summed E-state index contributed by atoms with van der Waals surface area (Å²) in [7, 11) is 0. The van der Waals surface area contributed by atoms with Gasteiger partial charge in [0.2, 0.25) is 0 Å². The molecule has 0 saturated heterocycles. The van der Waals surface area contributed by atoms with Gasteiger partial charge in [0.15, 0.2) is 5.69 Å². The average Bonchev–Trinajstić information content (AvgIpc) is 3.74. The molecule has 0 fully saturated rings. The van der Waals surface area contributed by atoms with Crippen molar-refractivity contribution in [3.63, 3.8) is 0 Å². The van der Waals surface area contributed by atoms with Gasteiger partial charge in [0.05, 0.1) is 51.3 Å². The fourth-order valence-corrected chi connectivity index (χ4v) is 7.44. The molecule has 3 aromatic heterocycles. The maximum atomic E-state index is 10.5. The third-order valence-electron chi connectivity index (χ3n) is 9.47. The Balaban J connectivity index is 1.48. The van der Waals surface area contributed by atoms with Gasteiger partial charge in [-0.15, -0.1) is 0 Å². The van der Waals surface area contributed by atoms with E-state index in [0.717, 1.165) is 71.7 Å². The molecule has 0 spiro atoms. The number of aromatic nitrogens is 2. The zero-order valence-corrected chi connectivity index (χ0v) is 26.2. The van der Waals surface area contributed by atoms with E-state index in [0.29, 0.717) is 11.3 Å². The number of rotatable bonds is 2. The van der Waals surface area contributed by atoms with Gasteiger partial charge >= 0.3 is 0 Å². The van der Waals surface area contributed by atoms with Crippen molar-refractivity contribution in [2.45, 2.75) is 26.2 Å². The quantitative estimate of drug-likeness (QED) is 0.184. The van der Waals surface area contributed by atoms with Crippen LogP contribution in [0.3, 0.4) is 0 Å². The van der Waals surface area contributed by atoms with Gasteiger partial charge < -0.3 is 13.6 Å². The van der Waals surface area contributed by atoms with Crippen LogP contribution in [0.2, 0.25) is 0 Å². The highest BCUT2D eigenvalue weighted by atomic mass is 16.3. The van der Waals surface area contributed by atoms with E-state index in [1.807, 2.05) is 24.3 Å². The summed E-state index contributed by atoms with van der Waals surface area (Å²) in [6, 6.07) is 42.2. The third-order valence-corrected chi connectivity index (χ3v) is 9.47. The van der Waals surface area contributed by atoms with Crippen molar-refractivity contribution in [3.8, 4) is 17.4 Å². The van der Waals surface area contributed by atoms with Crippen LogP contribution in [-0.2, 0) is 5.41 Å². The number of fused-ring (bicyclic) bond motifs is 10. The van der Waals surface area contributed by atoms with E-state index in [4.69, 9.17) is 11.0 Å². The maximum absolute atomic E-state index is 10.5. The topological polar surface area (TPSA) is 51.1 Å². The largest absolute Gasteiger partial charge is 0.455 e. The van der Waals surface area contributed by atoms with Crippen molar-refractivity contribution in [1.82, 2.24) is 9.13 Å². The summed E-state index contributed by atoms with van der Waals surface area (Å²) in [5.41, 5.74) is 9.23.